The first kappa shape index (κ1) is 20.6. The van der Waals surface area contributed by atoms with Crippen LogP contribution in [0.2, 0.25) is 0 Å². The summed E-state index contributed by atoms with van der Waals surface area (Å²) in [4.78, 5) is 29.1. The second-order valence-corrected chi connectivity index (χ2v) is 7.75. The number of rotatable bonds is 6. The monoisotopic (exact) mass is 388 g/mol. The zero-order valence-corrected chi connectivity index (χ0v) is 17.1. The number of benzene rings is 1. The highest BCUT2D eigenvalue weighted by molar-refractivity contribution is 5.79. The number of hydrogen-bond donors (Lipinski definition) is 0. The SMILES string of the molecule is CCOC(=O)C1CCN(C(=O)C2CCN(Cc3cccc(OC)c3)CC2)CC1. The van der Waals surface area contributed by atoms with Crippen LogP contribution < -0.4 is 4.74 Å². The lowest BCUT2D eigenvalue weighted by Gasteiger charge is -2.36. The van der Waals surface area contributed by atoms with E-state index in [1.54, 1.807) is 7.11 Å². The predicted molar refractivity (Wildman–Crippen MR) is 107 cm³/mol. The van der Waals surface area contributed by atoms with Gasteiger partial charge < -0.3 is 14.4 Å². The van der Waals surface area contributed by atoms with Gasteiger partial charge in [0, 0.05) is 25.6 Å². The quantitative estimate of drug-likeness (QED) is 0.702. The van der Waals surface area contributed by atoms with E-state index in [0.29, 0.717) is 19.7 Å². The second-order valence-electron chi connectivity index (χ2n) is 7.75. The topological polar surface area (TPSA) is 59.1 Å². The molecule has 0 saturated carbocycles. The number of esters is 1. The van der Waals surface area contributed by atoms with E-state index < -0.39 is 0 Å². The Morgan fingerprint density at radius 1 is 1.04 bits per heavy atom. The number of ether oxygens (including phenoxy) is 2. The Kier molecular flexibility index (Phi) is 7.31. The molecule has 0 bridgehead atoms. The molecule has 0 radical (unpaired) electrons. The Labute approximate surface area is 167 Å². The Balaban J connectivity index is 1.43. The van der Waals surface area contributed by atoms with Gasteiger partial charge in [0.15, 0.2) is 0 Å². The van der Waals surface area contributed by atoms with Gasteiger partial charge in [-0.15, -0.1) is 0 Å². The van der Waals surface area contributed by atoms with Crippen molar-refractivity contribution >= 4 is 11.9 Å². The summed E-state index contributed by atoms with van der Waals surface area (Å²) in [5, 5.41) is 0. The molecule has 0 unspecified atom stereocenters. The lowest BCUT2D eigenvalue weighted by Crippen LogP contribution is -2.46. The molecule has 1 aromatic rings. The number of amides is 1. The summed E-state index contributed by atoms with van der Waals surface area (Å²) < 4.78 is 10.4. The maximum atomic E-state index is 12.9. The fourth-order valence-electron chi connectivity index (χ4n) is 4.22. The Bertz CT molecular complexity index is 662. The van der Waals surface area contributed by atoms with Crippen molar-refractivity contribution < 1.29 is 19.1 Å². The molecule has 6 heteroatoms. The summed E-state index contributed by atoms with van der Waals surface area (Å²) in [6.07, 6.45) is 3.25. The van der Waals surface area contributed by atoms with Gasteiger partial charge in [0.2, 0.25) is 5.91 Å². The zero-order chi connectivity index (χ0) is 19.9. The molecule has 6 nitrogen and oxygen atoms in total. The van der Waals surface area contributed by atoms with Crippen LogP contribution in [-0.2, 0) is 20.9 Å². The minimum Gasteiger partial charge on any atom is -0.497 e. The van der Waals surface area contributed by atoms with E-state index in [1.807, 2.05) is 24.0 Å². The Morgan fingerprint density at radius 2 is 1.71 bits per heavy atom. The van der Waals surface area contributed by atoms with Crippen LogP contribution in [0.5, 0.6) is 5.75 Å². The zero-order valence-electron chi connectivity index (χ0n) is 17.1. The van der Waals surface area contributed by atoms with Crippen molar-refractivity contribution in [1.29, 1.82) is 0 Å². The first-order valence-electron chi connectivity index (χ1n) is 10.4. The van der Waals surface area contributed by atoms with E-state index in [1.165, 1.54) is 5.56 Å². The van der Waals surface area contributed by atoms with Crippen molar-refractivity contribution in [1.82, 2.24) is 9.80 Å². The third-order valence-corrected chi connectivity index (χ3v) is 5.90. The third-order valence-electron chi connectivity index (χ3n) is 5.90. The van der Waals surface area contributed by atoms with Gasteiger partial charge in [-0.3, -0.25) is 14.5 Å². The van der Waals surface area contributed by atoms with Gasteiger partial charge in [-0.1, -0.05) is 12.1 Å². The van der Waals surface area contributed by atoms with Crippen LogP contribution >= 0.6 is 0 Å². The standard InChI is InChI=1S/C22H32N2O4/c1-3-28-22(26)19-9-13-24(14-10-19)21(25)18-7-11-23(12-8-18)16-17-5-4-6-20(15-17)27-2/h4-6,15,18-19H,3,7-14,16H2,1-2H3. The largest absolute Gasteiger partial charge is 0.497 e. The average Bonchev–Trinajstić information content (AvgIpc) is 2.74. The fourth-order valence-corrected chi connectivity index (χ4v) is 4.22. The van der Waals surface area contributed by atoms with E-state index >= 15 is 0 Å². The van der Waals surface area contributed by atoms with Crippen molar-refractivity contribution in [3.05, 3.63) is 29.8 Å². The van der Waals surface area contributed by atoms with Gasteiger partial charge in [0.1, 0.15) is 5.75 Å². The Hall–Kier alpha value is -2.08. The van der Waals surface area contributed by atoms with Gasteiger partial charge in [-0.2, -0.15) is 0 Å². The molecule has 2 saturated heterocycles. The number of piperidine rings is 2. The van der Waals surface area contributed by atoms with E-state index in [0.717, 1.165) is 51.1 Å². The summed E-state index contributed by atoms with van der Waals surface area (Å²) >= 11 is 0. The van der Waals surface area contributed by atoms with Gasteiger partial charge in [0.05, 0.1) is 19.6 Å². The van der Waals surface area contributed by atoms with Gasteiger partial charge in [-0.05, 0) is 63.4 Å². The summed E-state index contributed by atoms with van der Waals surface area (Å²) in [7, 11) is 1.69. The number of likely N-dealkylation sites (tertiary alicyclic amines) is 2. The molecule has 0 atom stereocenters. The molecule has 1 amide bonds. The fraction of sp³-hybridized carbons (Fsp3) is 0.636. The van der Waals surface area contributed by atoms with Crippen LogP contribution in [-0.4, -0.2) is 61.6 Å². The lowest BCUT2D eigenvalue weighted by atomic mass is 9.92. The van der Waals surface area contributed by atoms with Crippen molar-refractivity contribution in [2.45, 2.75) is 39.2 Å². The Morgan fingerprint density at radius 3 is 2.36 bits per heavy atom. The highest BCUT2D eigenvalue weighted by atomic mass is 16.5. The summed E-state index contributed by atoms with van der Waals surface area (Å²) in [5.41, 5.74) is 1.24. The second kappa shape index (κ2) is 9.92. The molecule has 154 valence electrons. The first-order valence-corrected chi connectivity index (χ1v) is 10.4. The molecule has 1 aromatic carbocycles. The number of carbonyl (C=O) groups is 2. The van der Waals surface area contributed by atoms with Crippen LogP contribution in [0, 0.1) is 11.8 Å². The molecular weight excluding hydrogens is 356 g/mol. The molecule has 2 heterocycles. The number of carbonyl (C=O) groups excluding carboxylic acids is 2. The van der Waals surface area contributed by atoms with Gasteiger partial charge >= 0.3 is 5.97 Å². The van der Waals surface area contributed by atoms with Crippen LogP contribution in [0.1, 0.15) is 38.2 Å². The lowest BCUT2D eigenvalue weighted by molar-refractivity contribution is -0.152. The smallest absolute Gasteiger partial charge is 0.309 e. The summed E-state index contributed by atoms with van der Waals surface area (Å²) in [6, 6.07) is 8.17. The summed E-state index contributed by atoms with van der Waals surface area (Å²) in [6.45, 7) is 6.37. The number of nitrogens with zero attached hydrogens (tertiary/aromatic N) is 2. The predicted octanol–water partition coefficient (Wildman–Crippen LogP) is 2.71. The van der Waals surface area contributed by atoms with E-state index in [9.17, 15) is 9.59 Å². The van der Waals surface area contributed by atoms with Crippen LogP contribution in [0.25, 0.3) is 0 Å². The number of methoxy groups -OCH3 is 1. The normalized spacial score (nSPS) is 19.4. The first-order chi connectivity index (χ1) is 13.6. The molecule has 0 N–H and O–H groups in total. The molecule has 0 aromatic heterocycles. The molecule has 0 aliphatic carbocycles. The van der Waals surface area contributed by atoms with E-state index in [4.69, 9.17) is 9.47 Å². The maximum Gasteiger partial charge on any atom is 0.309 e. The van der Waals surface area contributed by atoms with Gasteiger partial charge in [-0.25, -0.2) is 0 Å². The highest BCUT2D eigenvalue weighted by Crippen LogP contribution is 2.25. The maximum absolute atomic E-state index is 12.9. The molecule has 3 rings (SSSR count). The summed E-state index contributed by atoms with van der Waals surface area (Å²) in [5.74, 6) is 1.10. The molecule has 2 fully saturated rings. The average molecular weight is 389 g/mol. The van der Waals surface area contributed by atoms with E-state index in [-0.39, 0.29) is 23.7 Å². The molecule has 2 aliphatic heterocycles. The van der Waals surface area contributed by atoms with E-state index in [2.05, 4.69) is 17.0 Å². The van der Waals surface area contributed by atoms with Crippen molar-refractivity contribution in [2.75, 3.05) is 39.9 Å². The molecule has 0 spiro atoms. The minimum atomic E-state index is -0.111. The highest BCUT2D eigenvalue weighted by Gasteiger charge is 2.33. The van der Waals surface area contributed by atoms with Gasteiger partial charge in [0.25, 0.3) is 0 Å². The van der Waals surface area contributed by atoms with Crippen molar-refractivity contribution in [2.24, 2.45) is 11.8 Å². The minimum absolute atomic E-state index is 0.0475. The van der Waals surface area contributed by atoms with Crippen molar-refractivity contribution in [3.63, 3.8) is 0 Å². The van der Waals surface area contributed by atoms with Crippen LogP contribution in [0.4, 0.5) is 0 Å². The molecule has 2 aliphatic rings. The van der Waals surface area contributed by atoms with Crippen LogP contribution in [0.3, 0.4) is 0 Å². The van der Waals surface area contributed by atoms with Crippen molar-refractivity contribution in [3.8, 4) is 5.75 Å². The molecular formula is C22H32N2O4. The molecule has 28 heavy (non-hydrogen) atoms. The third kappa shape index (κ3) is 5.25. The van der Waals surface area contributed by atoms with Crippen LogP contribution in [0.15, 0.2) is 24.3 Å². The number of hydrogen-bond acceptors (Lipinski definition) is 5.